The number of ether oxygens (including phenoxy) is 1. The van der Waals surface area contributed by atoms with Crippen molar-refractivity contribution >= 4 is 5.97 Å². The summed E-state index contributed by atoms with van der Waals surface area (Å²) in [5, 5.41) is 0. The van der Waals surface area contributed by atoms with Gasteiger partial charge < -0.3 is 9.15 Å². The first kappa shape index (κ1) is 9.39. The summed E-state index contributed by atoms with van der Waals surface area (Å²) in [6, 6.07) is 3.21. The first-order valence-corrected chi connectivity index (χ1v) is 4.26. The number of aromatic nitrogens is 2. The van der Waals surface area contributed by atoms with Crippen LogP contribution < -0.4 is 0 Å². The minimum absolute atomic E-state index is 0.322. The van der Waals surface area contributed by atoms with Crippen LogP contribution in [0.15, 0.2) is 35.2 Å². The molecule has 0 amide bonds. The Morgan fingerprint density at radius 1 is 1.40 bits per heavy atom. The van der Waals surface area contributed by atoms with Gasteiger partial charge in [0.05, 0.1) is 13.4 Å². The number of nitrogens with zero attached hydrogens (tertiary/aromatic N) is 2. The van der Waals surface area contributed by atoms with E-state index in [9.17, 15) is 4.79 Å². The second-order valence-electron chi connectivity index (χ2n) is 2.73. The van der Waals surface area contributed by atoms with Gasteiger partial charge in [0.25, 0.3) is 0 Å². The Morgan fingerprint density at radius 3 is 2.80 bits per heavy atom. The minimum Gasteiger partial charge on any atom is -0.465 e. The van der Waals surface area contributed by atoms with Crippen molar-refractivity contribution in [3.8, 4) is 11.6 Å². The third-order valence-electron chi connectivity index (χ3n) is 1.84. The van der Waals surface area contributed by atoms with Crippen LogP contribution in [0.4, 0.5) is 0 Å². The average molecular weight is 204 g/mol. The second kappa shape index (κ2) is 3.91. The lowest BCUT2D eigenvalue weighted by Crippen LogP contribution is -2.02. The maximum Gasteiger partial charge on any atom is 0.341 e. The van der Waals surface area contributed by atoms with E-state index in [1.165, 1.54) is 19.4 Å². The smallest absolute Gasteiger partial charge is 0.341 e. The quantitative estimate of drug-likeness (QED) is 0.694. The van der Waals surface area contributed by atoms with E-state index < -0.39 is 5.97 Å². The number of furan rings is 1. The molecule has 5 nitrogen and oxygen atoms in total. The van der Waals surface area contributed by atoms with Gasteiger partial charge >= 0.3 is 5.97 Å². The van der Waals surface area contributed by atoms with Crippen LogP contribution in [-0.2, 0) is 4.74 Å². The molecule has 0 unspecified atom stereocenters. The lowest BCUT2D eigenvalue weighted by atomic mass is 10.2. The Kier molecular flexibility index (Phi) is 2.45. The largest absolute Gasteiger partial charge is 0.465 e. The zero-order valence-electron chi connectivity index (χ0n) is 8.01. The average Bonchev–Trinajstić information content (AvgIpc) is 2.78. The van der Waals surface area contributed by atoms with Crippen LogP contribution >= 0.6 is 0 Å². The molecule has 0 saturated heterocycles. The van der Waals surface area contributed by atoms with Crippen molar-refractivity contribution in [1.29, 1.82) is 0 Å². The van der Waals surface area contributed by atoms with Crippen molar-refractivity contribution in [2.75, 3.05) is 7.11 Å². The Labute approximate surface area is 85.7 Å². The lowest BCUT2D eigenvalue weighted by molar-refractivity contribution is 0.0601. The Hall–Kier alpha value is -2.17. The van der Waals surface area contributed by atoms with E-state index >= 15 is 0 Å². The fourth-order valence-corrected chi connectivity index (χ4v) is 1.17. The third-order valence-corrected chi connectivity index (χ3v) is 1.84. The van der Waals surface area contributed by atoms with E-state index in [0.29, 0.717) is 17.1 Å². The molecular weight excluding hydrogens is 196 g/mol. The highest BCUT2D eigenvalue weighted by atomic mass is 16.5. The number of esters is 1. The molecule has 0 aliphatic heterocycles. The first-order chi connectivity index (χ1) is 7.33. The molecule has 0 radical (unpaired) electrons. The molecule has 0 bridgehead atoms. The summed E-state index contributed by atoms with van der Waals surface area (Å²) in [5.41, 5.74) is 0.323. The van der Waals surface area contributed by atoms with E-state index in [0.717, 1.165) is 0 Å². The maximum atomic E-state index is 11.3. The molecule has 0 aliphatic rings. The van der Waals surface area contributed by atoms with Crippen LogP contribution in [0.5, 0.6) is 0 Å². The van der Waals surface area contributed by atoms with Gasteiger partial charge in [-0.1, -0.05) is 0 Å². The molecule has 0 atom stereocenters. The van der Waals surface area contributed by atoms with Gasteiger partial charge in [-0.25, -0.2) is 14.8 Å². The molecule has 0 aromatic carbocycles. The normalized spacial score (nSPS) is 9.93. The molecule has 0 saturated carbocycles. The zero-order valence-corrected chi connectivity index (χ0v) is 8.01. The molecule has 0 fully saturated rings. The fourth-order valence-electron chi connectivity index (χ4n) is 1.17. The topological polar surface area (TPSA) is 65.2 Å². The zero-order chi connectivity index (χ0) is 10.7. The van der Waals surface area contributed by atoms with Crippen LogP contribution in [0.2, 0.25) is 0 Å². The van der Waals surface area contributed by atoms with Crippen LogP contribution in [0.25, 0.3) is 11.6 Å². The van der Waals surface area contributed by atoms with Gasteiger partial charge in [0.15, 0.2) is 11.6 Å². The van der Waals surface area contributed by atoms with Gasteiger partial charge in [-0.3, -0.25) is 0 Å². The molecule has 0 N–H and O–H groups in total. The van der Waals surface area contributed by atoms with Crippen molar-refractivity contribution < 1.29 is 13.9 Å². The van der Waals surface area contributed by atoms with Crippen LogP contribution in [0.3, 0.4) is 0 Å². The molecule has 15 heavy (non-hydrogen) atoms. The maximum absolute atomic E-state index is 11.3. The Balaban J connectivity index is 2.46. The predicted octanol–water partition coefficient (Wildman–Crippen LogP) is 1.52. The van der Waals surface area contributed by atoms with Crippen LogP contribution in [0, 0.1) is 0 Å². The fraction of sp³-hybridized carbons (Fsp3) is 0.100. The summed E-state index contributed by atoms with van der Waals surface area (Å²) in [5.74, 6) is 0.219. The first-order valence-electron chi connectivity index (χ1n) is 4.26. The highest BCUT2D eigenvalue weighted by Crippen LogP contribution is 2.21. The van der Waals surface area contributed by atoms with E-state index in [4.69, 9.17) is 4.42 Å². The van der Waals surface area contributed by atoms with Crippen molar-refractivity contribution in [3.63, 3.8) is 0 Å². The van der Waals surface area contributed by atoms with Gasteiger partial charge in [0.1, 0.15) is 5.56 Å². The van der Waals surface area contributed by atoms with E-state index in [1.54, 1.807) is 18.5 Å². The molecule has 2 rings (SSSR count). The Morgan fingerprint density at radius 2 is 2.13 bits per heavy atom. The van der Waals surface area contributed by atoms with Gasteiger partial charge in [-0.15, -0.1) is 0 Å². The van der Waals surface area contributed by atoms with E-state index in [1.807, 2.05) is 0 Å². The summed E-state index contributed by atoms with van der Waals surface area (Å²) in [7, 11) is 1.31. The second-order valence-corrected chi connectivity index (χ2v) is 2.73. The summed E-state index contributed by atoms with van der Waals surface area (Å²) in [6.07, 6.45) is 4.55. The number of hydrogen-bond donors (Lipinski definition) is 0. The summed E-state index contributed by atoms with van der Waals surface area (Å²) < 4.78 is 9.75. The summed E-state index contributed by atoms with van der Waals surface area (Å²) >= 11 is 0. The van der Waals surface area contributed by atoms with Gasteiger partial charge in [-0.05, 0) is 12.1 Å². The lowest BCUT2D eigenvalue weighted by Gasteiger charge is -1.98. The molecule has 2 aromatic heterocycles. The standard InChI is InChI=1S/C10H8N2O3/c1-14-10(13)7-3-6-15-8(7)9-11-4-2-5-12-9/h2-6H,1H3. The molecule has 76 valence electrons. The molecule has 2 aromatic rings. The minimum atomic E-state index is -0.466. The van der Waals surface area contributed by atoms with Gasteiger partial charge in [-0.2, -0.15) is 0 Å². The molecule has 2 heterocycles. The molecule has 0 spiro atoms. The molecule has 5 heteroatoms. The van der Waals surface area contributed by atoms with E-state index in [2.05, 4.69) is 14.7 Å². The monoisotopic (exact) mass is 204 g/mol. The van der Waals surface area contributed by atoms with Crippen molar-refractivity contribution in [3.05, 3.63) is 36.4 Å². The van der Waals surface area contributed by atoms with Crippen molar-refractivity contribution in [1.82, 2.24) is 9.97 Å². The van der Waals surface area contributed by atoms with Crippen LogP contribution in [0.1, 0.15) is 10.4 Å². The predicted molar refractivity (Wildman–Crippen MR) is 51.1 cm³/mol. The summed E-state index contributed by atoms with van der Waals surface area (Å²) in [4.78, 5) is 19.3. The number of hydrogen-bond acceptors (Lipinski definition) is 5. The van der Waals surface area contributed by atoms with Gasteiger partial charge in [0, 0.05) is 12.4 Å². The SMILES string of the molecule is COC(=O)c1ccoc1-c1ncccn1. The Bertz CT molecular complexity index is 465. The molecular formula is C10H8N2O3. The highest BCUT2D eigenvalue weighted by molar-refractivity contribution is 5.94. The number of carbonyl (C=O) groups excluding carboxylic acids is 1. The van der Waals surface area contributed by atoms with Gasteiger partial charge in [0.2, 0.25) is 0 Å². The van der Waals surface area contributed by atoms with Crippen LogP contribution in [-0.4, -0.2) is 23.0 Å². The van der Waals surface area contributed by atoms with E-state index in [-0.39, 0.29) is 0 Å². The van der Waals surface area contributed by atoms with Crippen molar-refractivity contribution in [2.24, 2.45) is 0 Å². The number of methoxy groups -OCH3 is 1. The summed E-state index contributed by atoms with van der Waals surface area (Å²) in [6.45, 7) is 0. The number of rotatable bonds is 2. The van der Waals surface area contributed by atoms with Crippen molar-refractivity contribution in [2.45, 2.75) is 0 Å². The molecule has 0 aliphatic carbocycles. The third kappa shape index (κ3) is 1.71. The highest BCUT2D eigenvalue weighted by Gasteiger charge is 2.18. The number of carbonyl (C=O) groups is 1.